The summed E-state index contributed by atoms with van der Waals surface area (Å²) in [4.78, 5) is 77.8. The van der Waals surface area contributed by atoms with E-state index in [1.54, 1.807) is 45.0 Å². The van der Waals surface area contributed by atoms with E-state index in [2.05, 4.69) is 5.32 Å². The highest BCUT2D eigenvalue weighted by Crippen LogP contribution is 2.18. The predicted octanol–water partition coefficient (Wildman–Crippen LogP) is 5.36. The largest absolute Gasteiger partial charge is 0.494 e. The smallest absolute Gasteiger partial charge is 0.338 e. The Balaban J connectivity index is 1.62. The Kier molecular flexibility index (Phi) is 15.2. The number of hydrogen-bond acceptors (Lipinski definition) is 10. The van der Waals surface area contributed by atoms with E-state index in [-0.39, 0.29) is 44.0 Å². The number of esters is 2. The maximum absolute atomic E-state index is 12.7. The second-order valence-corrected chi connectivity index (χ2v) is 13.3. The van der Waals surface area contributed by atoms with Crippen molar-refractivity contribution in [2.45, 2.75) is 136 Å². The zero-order valence-electron chi connectivity index (χ0n) is 28.1. The molecule has 1 N–H and O–H groups in total. The topological polar surface area (TPSA) is 155 Å². The lowest BCUT2D eigenvalue weighted by Crippen LogP contribution is -2.44. The number of hydroxylamine groups is 2. The molecular formula is C34H50N2O10. The van der Waals surface area contributed by atoms with E-state index in [9.17, 15) is 28.8 Å². The van der Waals surface area contributed by atoms with Gasteiger partial charge >= 0.3 is 17.9 Å². The van der Waals surface area contributed by atoms with Gasteiger partial charge in [-0.2, -0.15) is 0 Å². The van der Waals surface area contributed by atoms with Crippen molar-refractivity contribution in [3.8, 4) is 5.75 Å². The van der Waals surface area contributed by atoms with Crippen LogP contribution in [0.2, 0.25) is 0 Å². The summed E-state index contributed by atoms with van der Waals surface area (Å²) in [6, 6.07) is 5.85. The minimum atomic E-state index is -1.07. The molecule has 1 saturated heterocycles. The monoisotopic (exact) mass is 646 g/mol. The summed E-state index contributed by atoms with van der Waals surface area (Å²) in [7, 11) is 0. The number of nitrogens with one attached hydrogen (secondary N) is 1. The molecule has 1 aromatic rings. The van der Waals surface area contributed by atoms with Crippen LogP contribution in [0, 0.1) is 0 Å². The lowest BCUT2D eigenvalue weighted by atomic mass is 10.1. The number of rotatable bonds is 18. The third kappa shape index (κ3) is 15.4. The van der Waals surface area contributed by atoms with Crippen LogP contribution < -0.4 is 10.1 Å². The Labute approximate surface area is 271 Å². The molecule has 46 heavy (non-hydrogen) atoms. The van der Waals surface area contributed by atoms with Crippen molar-refractivity contribution in [1.29, 1.82) is 0 Å². The van der Waals surface area contributed by atoms with Gasteiger partial charge in [-0.15, -0.1) is 5.06 Å². The molecule has 12 heteroatoms. The van der Waals surface area contributed by atoms with Gasteiger partial charge in [0.15, 0.2) is 0 Å². The first-order valence-corrected chi connectivity index (χ1v) is 16.1. The highest BCUT2D eigenvalue weighted by molar-refractivity contribution is 6.01. The maximum Gasteiger partial charge on any atom is 0.338 e. The summed E-state index contributed by atoms with van der Waals surface area (Å²) >= 11 is 0. The summed E-state index contributed by atoms with van der Waals surface area (Å²) in [5, 5.41) is 3.11. The molecule has 0 bridgehead atoms. The van der Waals surface area contributed by atoms with E-state index < -0.39 is 41.0 Å². The van der Waals surface area contributed by atoms with Crippen LogP contribution in [0.15, 0.2) is 24.3 Å². The van der Waals surface area contributed by atoms with Crippen LogP contribution in [-0.4, -0.2) is 64.5 Å². The minimum Gasteiger partial charge on any atom is -0.494 e. The Morgan fingerprint density at radius 1 is 0.761 bits per heavy atom. The standard InChI is InChI=1S/C34H50N2O10/c1-33(2,3)44-31(41)24-15-17-25(18-16-24)43-23-13-11-9-7-8-10-12-14-27(37)35-26(32(42)45-34(4,5)6)19-22-30(40)46-36-28(38)20-21-29(36)39/h15-18,26H,7-14,19-23H2,1-6H3,(H,35,37). The number of carbonyl (C=O) groups is 6. The molecule has 1 unspecified atom stereocenters. The number of unbranched alkanes of at least 4 members (excludes halogenated alkanes) is 6. The van der Waals surface area contributed by atoms with Gasteiger partial charge in [-0.05, 0) is 85.1 Å². The van der Waals surface area contributed by atoms with Crippen molar-refractivity contribution in [3.05, 3.63) is 29.8 Å². The lowest BCUT2D eigenvalue weighted by molar-refractivity contribution is -0.197. The SMILES string of the molecule is CC(C)(C)OC(=O)c1ccc(OCCCCCCCCCC(=O)NC(CCC(=O)ON2C(=O)CCC2=O)C(=O)OC(C)(C)C)cc1. The number of imide groups is 1. The Bertz CT molecular complexity index is 1180. The number of ether oxygens (including phenoxy) is 3. The van der Waals surface area contributed by atoms with Crippen LogP contribution >= 0.6 is 0 Å². The number of nitrogens with zero attached hydrogens (tertiary/aromatic N) is 1. The molecule has 1 atom stereocenters. The van der Waals surface area contributed by atoms with E-state index >= 15 is 0 Å². The van der Waals surface area contributed by atoms with Crippen LogP contribution in [0.25, 0.3) is 0 Å². The molecule has 1 fully saturated rings. The van der Waals surface area contributed by atoms with Crippen LogP contribution in [-0.2, 0) is 38.3 Å². The Hall–Kier alpha value is -3.96. The molecule has 256 valence electrons. The average molecular weight is 647 g/mol. The predicted molar refractivity (Wildman–Crippen MR) is 168 cm³/mol. The summed E-state index contributed by atoms with van der Waals surface area (Å²) in [5.74, 6) is -2.71. The van der Waals surface area contributed by atoms with Crippen LogP contribution in [0.3, 0.4) is 0 Å². The normalized spacial score (nSPS) is 14.1. The minimum absolute atomic E-state index is 0.0199. The molecule has 2 rings (SSSR count). The van der Waals surface area contributed by atoms with Crippen molar-refractivity contribution in [2.24, 2.45) is 0 Å². The van der Waals surface area contributed by atoms with Gasteiger partial charge in [0.2, 0.25) is 5.91 Å². The van der Waals surface area contributed by atoms with Crippen molar-refractivity contribution in [1.82, 2.24) is 10.4 Å². The van der Waals surface area contributed by atoms with E-state index in [4.69, 9.17) is 19.0 Å². The Morgan fingerprint density at radius 3 is 1.87 bits per heavy atom. The van der Waals surface area contributed by atoms with Gasteiger partial charge in [0.1, 0.15) is 23.0 Å². The zero-order chi connectivity index (χ0) is 34.3. The molecule has 0 aliphatic carbocycles. The molecule has 0 aromatic heterocycles. The van der Waals surface area contributed by atoms with Gasteiger partial charge in [0, 0.05) is 19.3 Å². The van der Waals surface area contributed by atoms with E-state index in [1.165, 1.54) is 0 Å². The fraction of sp³-hybridized carbons (Fsp3) is 0.647. The number of hydrogen-bond donors (Lipinski definition) is 1. The second kappa shape index (κ2) is 18.3. The van der Waals surface area contributed by atoms with Gasteiger partial charge in [-0.25, -0.2) is 14.4 Å². The molecule has 3 amide bonds. The fourth-order valence-electron chi connectivity index (χ4n) is 4.44. The quantitative estimate of drug-likeness (QED) is 0.125. The van der Waals surface area contributed by atoms with E-state index in [1.807, 2.05) is 20.8 Å². The summed E-state index contributed by atoms with van der Waals surface area (Å²) < 4.78 is 16.5. The second-order valence-electron chi connectivity index (χ2n) is 13.3. The van der Waals surface area contributed by atoms with Gasteiger partial charge in [-0.3, -0.25) is 14.4 Å². The highest BCUT2D eigenvalue weighted by Gasteiger charge is 2.34. The van der Waals surface area contributed by atoms with Crippen LogP contribution in [0.5, 0.6) is 5.75 Å². The summed E-state index contributed by atoms with van der Waals surface area (Å²) in [5.41, 5.74) is -0.857. The van der Waals surface area contributed by atoms with Gasteiger partial charge in [0.25, 0.3) is 11.8 Å². The Morgan fingerprint density at radius 2 is 1.30 bits per heavy atom. The van der Waals surface area contributed by atoms with Gasteiger partial charge in [-0.1, -0.05) is 32.1 Å². The zero-order valence-corrected chi connectivity index (χ0v) is 28.1. The van der Waals surface area contributed by atoms with E-state index in [0.717, 1.165) is 38.5 Å². The highest BCUT2D eigenvalue weighted by atomic mass is 16.7. The first-order chi connectivity index (χ1) is 21.5. The first kappa shape index (κ1) is 38.2. The van der Waals surface area contributed by atoms with E-state index in [0.29, 0.717) is 29.4 Å². The molecular weight excluding hydrogens is 596 g/mol. The summed E-state index contributed by atoms with van der Waals surface area (Å²) in [6.07, 6.45) is 6.24. The van der Waals surface area contributed by atoms with Gasteiger partial charge < -0.3 is 24.4 Å². The van der Waals surface area contributed by atoms with Crippen LogP contribution in [0.1, 0.15) is 129 Å². The number of benzene rings is 1. The molecule has 0 spiro atoms. The molecule has 0 saturated carbocycles. The molecule has 1 heterocycles. The third-order valence-corrected chi connectivity index (χ3v) is 6.67. The summed E-state index contributed by atoms with van der Waals surface area (Å²) in [6.45, 7) is 11.2. The lowest BCUT2D eigenvalue weighted by Gasteiger charge is -2.24. The average Bonchev–Trinajstić information content (AvgIpc) is 3.26. The van der Waals surface area contributed by atoms with Crippen molar-refractivity contribution >= 4 is 35.6 Å². The molecule has 1 aliphatic rings. The van der Waals surface area contributed by atoms with Crippen molar-refractivity contribution in [2.75, 3.05) is 6.61 Å². The fourth-order valence-corrected chi connectivity index (χ4v) is 4.44. The third-order valence-electron chi connectivity index (χ3n) is 6.67. The molecule has 1 aromatic carbocycles. The van der Waals surface area contributed by atoms with Crippen LogP contribution in [0.4, 0.5) is 0 Å². The molecule has 12 nitrogen and oxygen atoms in total. The molecule has 1 aliphatic heterocycles. The number of carbonyl (C=O) groups excluding carboxylic acids is 6. The first-order valence-electron chi connectivity index (χ1n) is 16.1. The van der Waals surface area contributed by atoms with Crippen molar-refractivity contribution in [3.63, 3.8) is 0 Å². The van der Waals surface area contributed by atoms with Crippen molar-refractivity contribution < 1.29 is 47.8 Å². The number of amides is 3. The van der Waals surface area contributed by atoms with Gasteiger partial charge in [0.05, 0.1) is 18.6 Å². The molecule has 0 radical (unpaired) electrons. The maximum atomic E-state index is 12.7.